The molecule has 1 saturated carbocycles. The number of carbonyl (C=O) groups excluding carboxylic acids is 2. The number of para-hydroxylation sites is 2. The summed E-state index contributed by atoms with van der Waals surface area (Å²) < 4.78 is 5.46. The number of carbonyl (C=O) groups is 2. The third-order valence-electron chi connectivity index (χ3n) is 3.29. The summed E-state index contributed by atoms with van der Waals surface area (Å²) in [6.07, 6.45) is 3.02. The molecular weight excluding hydrogens is 268 g/mol. The second-order valence-electron chi connectivity index (χ2n) is 5.15. The average molecular weight is 290 g/mol. The van der Waals surface area contributed by atoms with Gasteiger partial charge in [0.2, 0.25) is 11.8 Å². The fourth-order valence-corrected chi connectivity index (χ4v) is 2.01. The van der Waals surface area contributed by atoms with E-state index in [2.05, 4.69) is 10.6 Å². The molecule has 5 heteroatoms. The van der Waals surface area contributed by atoms with Crippen LogP contribution in [0, 0.1) is 5.92 Å². The summed E-state index contributed by atoms with van der Waals surface area (Å²) in [7, 11) is 0. The van der Waals surface area contributed by atoms with E-state index >= 15 is 0 Å². The Morgan fingerprint density at radius 2 is 2.05 bits per heavy atom. The highest BCUT2D eigenvalue weighted by atomic mass is 16.5. The first kappa shape index (κ1) is 15.4. The molecule has 0 aromatic heterocycles. The molecule has 0 unspecified atom stereocenters. The van der Waals surface area contributed by atoms with Gasteiger partial charge in [-0.3, -0.25) is 9.59 Å². The molecule has 1 fully saturated rings. The minimum atomic E-state index is -0.0668. The van der Waals surface area contributed by atoms with Crippen LogP contribution >= 0.6 is 0 Å². The largest absolute Gasteiger partial charge is 0.492 e. The Bertz CT molecular complexity index is 498. The van der Waals surface area contributed by atoms with Gasteiger partial charge in [-0.25, -0.2) is 0 Å². The summed E-state index contributed by atoms with van der Waals surface area (Å²) in [5.41, 5.74) is 0.686. The first-order chi connectivity index (χ1) is 10.2. The summed E-state index contributed by atoms with van der Waals surface area (Å²) >= 11 is 0. The molecule has 2 N–H and O–H groups in total. The van der Waals surface area contributed by atoms with Crippen molar-refractivity contribution in [3.05, 3.63) is 24.3 Å². The molecule has 21 heavy (non-hydrogen) atoms. The lowest BCUT2D eigenvalue weighted by atomic mass is 10.2. The molecule has 0 bridgehead atoms. The minimum Gasteiger partial charge on any atom is -0.492 e. The predicted octanol–water partition coefficient (Wildman–Crippen LogP) is 2.33. The Morgan fingerprint density at radius 1 is 1.29 bits per heavy atom. The zero-order chi connectivity index (χ0) is 15.1. The summed E-state index contributed by atoms with van der Waals surface area (Å²) in [5, 5.41) is 5.69. The summed E-state index contributed by atoms with van der Waals surface area (Å²) in [6, 6.07) is 7.37. The molecule has 1 aromatic carbocycles. The van der Waals surface area contributed by atoms with Crippen LogP contribution in [0.2, 0.25) is 0 Å². The number of ether oxygens (including phenoxy) is 1. The lowest BCUT2D eigenvalue weighted by Gasteiger charge is -2.11. The third kappa shape index (κ3) is 5.10. The van der Waals surface area contributed by atoms with Crippen molar-refractivity contribution in [2.24, 2.45) is 5.92 Å². The Morgan fingerprint density at radius 3 is 2.76 bits per heavy atom. The molecule has 5 nitrogen and oxygen atoms in total. The van der Waals surface area contributed by atoms with Gasteiger partial charge in [0.05, 0.1) is 12.3 Å². The second-order valence-corrected chi connectivity index (χ2v) is 5.15. The second kappa shape index (κ2) is 7.67. The summed E-state index contributed by atoms with van der Waals surface area (Å²) in [5.74, 6) is 0.951. The molecule has 2 rings (SSSR count). The molecule has 1 aliphatic carbocycles. The van der Waals surface area contributed by atoms with E-state index in [0.29, 0.717) is 37.4 Å². The SMILES string of the molecule is CCOc1ccccc1NC(=O)CCCNC(=O)C1CC1. The van der Waals surface area contributed by atoms with Gasteiger partial charge in [-0.2, -0.15) is 0 Å². The molecular formula is C16H22N2O3. The third-order valence-corrected chi connectivity index (χ3v) is 3.29. The maximum atomic E-state index is 11.9. The number of benzene rings is 1. The normalized spacial score (nSPS) is 13.6. The van der Waals surface area contributed by atoms with Crippen LogP contribution in [-0.2, 0) is 9.59 Å². The Kier molecular flexibility index (Phi) is 5.60. The van der Waals surface area contributed by atoms with Gasteiger partial charge >= 0.3 is 0 Å². The molecule has 114 valence electrons. The maximum Gasteiger partial charge on any atom is 0.224 e. The standard InChI is InChI=1S/C16H22N2O3/c1-2-21-14-7-4-3-6-13(14)18-15(19)8-5-11-17-16(20)12-9-10-12/h3-4,6-7,12H,2,5,8-11H2,1H3,(H,17,20)(H,18,19). The van der Waals surface area contributed by atoms with Crippen LogP contribution in [-0.4, -0.2) is 25.0 Å². The van der Waals surface area contributed by atoms with Gasteiger partial charge in [-0.15, -0.1) is 0 Å². The van der Waals surface area contributed by atoms with Crippen molar-refractivity contribution in [2.45, 2.75) is 32.6 Å². The molecule has 2 amide bonds. The Labute approximate surface area is 125 Å². The van der Waals surface area contributed by atoms with Crippen LogP contribution in [0.4, 0.5) is 5.69 Å². The monoisotopic (exact) mass is 290 g/mol. The molecule has 0 spiro atoms. The first-order valence-electron chi connectivity index (χ1n) is 7.50. The topological polar surface area (TPSA) is 67.4 Å². The van der Waals surface area contributed by atoms with Gasteiger partial charge in [0.15, 0.2) is 0 Å². The highest BCUT2D eigenvalue weighted by Gasteiger charge is 2.28. The van der Waals surface area contributed by atoms with Crippen LogP contribution < -0.4 is 15.4 Å². The van der Waals surface area contributed by atoms with E-state index in [1.165, 1.54) is 0 Å². The number of rotatable bonds is 8. The van der Waals surface area contributed by atoms with Gasteiger partial charge in [0.25, 0.3) is 0 Å². The molecule has 0 saturated heterocycles. The van der Waals surface area contributed by atoms with Gasteiger partial charge in [0.1, 0.15) is 5.75 Å². The van der Waals surface area contributed by atoms with E-state index in [1.807, 2.05) is 31.2 Å². The van der Waals surface area contributed by atoms with E-state index in [4.69, 9.17) is 4.74 Å². The number of hydrogen-bond acceptors (Lipinski definition) is 3. The number of anilines is 1. The molecule has 0 aliphatic heterocycles. The van der Waals surface area contributed by atoms with Crippen LogP contribution in [0.3, 0.4) is 0 Å². The Balaban J connectivity index is 1.70. The van der Waals surface area contributed by atoms with Crippen LogP contribution in [0.5, 0.6) is 5.75 Å². The molecule has 0 radical (unpaired) electrons. The van der Waals surface area contributed by atoms with E-state index in [0.717, 1.165) is 12.8 Å². The number of hydrogen-bond donors (Lipinski definition) is 2. The summed E-state index contributed by atoms with van der Waals surface area (Å²) in [6.45, 7) is 3.01. The van der Waals surface area contributed by atoms with Gasteiger partial charge < -0.3 is 15.4 Å². The van der Waals surface area contributed by atoms with Crippen LogP contribution in [0.1, 0.15) is 32.6 Å². The quantitative estimate of drug-likeness (QED) is 0.722. The fraction of sp³-hybridized carbons (Fsp3) is 0.500. The lowest BCUT2D eigenvalue weighted by molar-refractivity contribution is -0.122. The zero-order valence-electron chi connectivity index (χ0n) is 12.4. The van der Waals surface area contributed by atoms with Crippen molar-refractivity contribution >= 4 is 17.5 Å². The summed E-state index contributed by atoms with van der Waals surface area (Å²) in [4.78, 5) is 23.3. The van der Waals surface area contributed by atoms with Gasteiger partial charge in [-0.05, 0) is 38.3 Å². The van der Waals surface area contributed by atoms with Crippen LogP contribution in [0.25, 0.3) is 0 Å². The van der Waals surface area contributed by atoms with E-state index in [-0.39, 0.29) is 17.7 Å². The maximum absolute atomic E-state index is 11.9. The van der Waals surface area contributed by atoms with E-state index in [1.54, 1.807) is 0 Å². The lowest BCUT2D eigenvalue weighted by Crippen LogP contribution is -2.26. The van der Waals surface area contributed by atoms with Crippen molar-refractivity contribution in [1.29, 1.82) is 0 Å². The smallest absolute Gasteiger partial charge is 0.224 e. The Hall–Kier alpha value is -2.04. The van der Waals surface area contributed by atoms with E-state index < -0.39 is 0 Å². The van der Waals surface area contributed by atoms with Crippen molar-refractivity contribution in [2.75, 3.05) is 18.5 Å². The van der Waals surface area contributed by atoms with Crippen molar-refractivity contribution in [1.82, 2.24) is 5.32 Å². The highest BCUT2D eigenvalue weighted by Crippen LogP contribution is 2.28. The predicted molar refractivity (Wildman–Crippen MR) is 81.2 cm³/mol. The zero-order valence-corrected chi connectivity index (χ0v) is 12.4. The van der Waals surface area contributed by atoms with Gasteiger partial charge in [0, 0.05) is 18.9 Å². The van der Waals surface area contributed by atoms with Crippen molar-refractivity contribution in [3.8, 4) is 5.75 Å². The van der Waals surface area contributed by atoms with Gasteiger partial charge in [-0.1, -0.05) is 12.1 Å². The molecule has 0 heterocycles. The highest BCUT2D eigenvalue weighted by molar-refractivity contribution is 5.92. The minimum absolute atomic E-state index is 0.0668. The van der Waals surface area contributed by atoms with E-state index in [9.17, 15) is 9.59 Å². The molecule has 1 aliphatic rings. The average Bonchev–Trinajstić information content (AvgIpc) is 3.30. The fourth-order valence-electron chi connectivity index (χ4n) is 2.01. The van der Waals surface area contributed by atoms with Crippen molar-refractivity contribution < 1.29 is 14.3 Å². The molecule has 1 aromatic rings. The van der Waals surface area contributed by atoms with Crippen molar-refractivity contribution in [3.63, 3.8) is 0 Å². The van der Waals surface area contributed by atoms with Crippen LogP contribution in [0.15, 0.2) is 24.3 Å². The number of amides is 2. The first-order valence-corrected chi connectivity index (χ1v) is 7.50. The molecule has 0 atom stereocenters. The number of nitrogens with one attached hydrogen (secondary N) is 2.